The smallest absolute Gasteiger partial charge is 0.00659 e. The fourth-order valence-corrected chi connectivity index (χ4v) is 1.77. The van der Waals surface area contributed by atoms with E-state index in [0.717, 1.165) is 11.2 Å². The van der Waals surface area contributed by atoms with Crippen LogP contribution in [0.15, 0.2) is 12.2 Å². The van der Waals surface area contributed by atoms with Crippen LogP contribution in [0.2, 0.25) is 0 Å². The molecule has 0 bridgehead atoms. The Balaban J connectivity index is 2.10. The summed E-state index contributed by atoms with van der Waals surface area (Å²) in [6, 6.07) is 0. The number of hydrogen-bond acceptors (Lipinski definition) is 0. The van der Waals surface area contributed by atoms with Crippen LogP contribution in [-0.4, -0.2) is 5.33 Å². The average Bonchev–Trinajstić information content (AvgIpc) is 2.41. The topological polar surface area (TPSA) is 0 Å². The van der Waals surface area contributed by atoms with E-state index in [1.54, 1.807) is 0 Å². The van der Waals surface area contributed by atoms with E-state index in [-0.39, 0.29) is 0 Å². The molecule has 1 rings (SSSR count). The molecule has 0 amide bonds. The first-order valence-corrected chi connectivity index (χ1v) is 5.28. The van der Waals surface area contributed by atoms with Crippen LogP contribution in [0.25, 0.3) is 0 Å². The number of alkyl halides is 1. The minimum Gasteiger partial charge on any atom is -0.0925 e. The SMILES string of the molecule is BrCC/C=C/C1CCCC1. The maximum Gasteiger partial charge on any atom is 0.00659 e. The number of hydrogen-bond donors (Lipinski definition) is 0. The van der Waals surface area contributed by atoms with Crippen LogP contribution in [-0.2, 0) is 0 Å². The maximum atomic E-state index is 3.41. The van der Waals surface area contributed by atoms with Gasteiger partial charge in [0.2, 0.25) is 0 Å². The zero-order valence-corrected chi connectivity index (χ0v) is 7.94. The average molecular weight is 203 g/mol. The first-order chi connectivity index (χ1) is 4.93. The Labute approximate surface area is 71.8 Å². The largest absolute Gasteiger partial charge is 0.0925 e. The highest BCUT2D eigenvalue weighted by Crippen LogP contribution is 2.25. The van der Waals surface area contributed by atoms with Crippen LogP contribution in [0.3, 0.4) is 0 Å². The molecule has 10 heavy (non-hydrogen) atoms. The molecule has 0 nitrogen and oxygen atoms in total. The van der Waals surface area contributed by atoms with Gasteiger partial charge in [-0.3, -0.25) is 0 Å². The van der Waals surface area contributed by atoms with Gasteiger partial charge < -0.3 is 0 Å². The van der Waals surface area contributed by atoms with Crippen LogP contribution < -0.4 is 0 Å². The Morgan fingerprint density at radius 2 is 2.00 bits per heavy atom. The molecule has 1 fully saturated rings. The van der Waals surface area contributed by atoms with E-state index in [2.05, 4.69) is 28.1 Å². The van der Waals surface area contributed by atoms with Gasteiger partial charge in [0, 0.05) is 5.33 Å². The van der Waals surface area contributed by atoms with Crippen molar-refractivity contribution in [3.8, 4) is 0 Å². The third-order valence-electron chi connectivity index (χ3n) is 2.08. The number of rotatable bonds is 3. The Bertz CT molecular complexity index is 101. The summed E-state index contributed by atoms with van der Waals surface area (Å²) in [7, 11) is 0. The second-order valence-electron chi connectivity index (χ2n) is 2.95. The second-order valence-corrected chi connectivity index (χ2v) is 3.74. The molecule has 58 valence electrons. The molecule has 0 aromatic heterocycles. The van der Waals surface area contributed by atoms with Crippen LogP contribution in [0.4, 0.5) is 0 Å². The summed E-state index contributed by atoms with van der Waals surface area (Å²) in [5.74, 6) is 0.916. The van der Waals surface area contributed by atoms with Crippen LogP contribution in [0.1, 0.15) is 32.1 Å². The van der Waals surface area contributed by atoms with E-state index in [1.165, 1.54) is 32.1 Å². The first-order valence-electron chi connectivity index (χ1n) is 4.16. The number of allylic oxidation sites excluding steroid dienone is 2. The minimum absolute atomic E-state index is 0.916. The Morgan fingerprint density at radius 1 is 1.30 bits per heavy atom. The maximum absolute atomic E-state index is 3.41. The van der Waals surface area contributed by atoms with Gasteiger partial charge in [0.1, 0.15) is 0 Å². The molecule has 1 aliphatic carbocycles. The van der Waals surface area contributed by atoms with Crippen molar-refractivity contribution in [2.24, 2.45) is 5.92 Å². The van der Waals surface area contributed by atoms with E-state index in [9.17, 15) is 0 Å². The summed E-state index contributed by atoms with van der Waals surface area (Å²) in [6.45, 7) is 0. The van der Waals surface area contributed by atoms with E-state index < -0.39 is 0 Å². The summed E-state index contributed by atoms with van der Waals surface area (Å²) in [6.07, 6.45) is 11.7. The van der Waals surface area contributed by atoms with Gasteiger partial charge in [-0.2, -0.15) is 0 Å². The highest BCUT2D eigenvalue weighted by molar-refractivity contribution is 9.09. The third kappa shape index (κ3) is 2.87. The van der Waals surface area contributed by atoms with E-state index in [4.69, 9.17) is 0 Å². The summed E-state index contributed by atoms with van der Waals surface area (Å²) in [5.41, 5.74) is 0. The van der Waals surface area contributed by atoms with Gasteiger partial charge in [-0.25, -0.2) is 0 Å². The fourth-order valence-electron chi connectivity index (χ4n) is 1.50. The van der Waals surface area contributed by atoms with Crippen molar-refractivity contribution in [2.75, 3.05) is 5.33 Å². The summed E-state index contributed by atoms with van der Waals surface area (Å²) < 4.78 is 0. The first kappa shape index (κ1) is 8.32. The summed E-state index contributed by atoms with van der Waals surface area (Å²) in [4.78, 5) is 0. The highest BCUT2D eigenvalue weighted by atomic mass is 79.9. The van der Waals surface area contributed by atoms with Crippen molar-refractivity contribution in [3.63, 3.8) is 0 Å². The van der Waals surface area contributed by atoms with Crippen LogP contribution >= 0.6 is 15.9 Å². The highest BCUT2D eigenvalue weighted by Gasteiger charge is 2.10. The van der Waals surface area contributed by atoms with Crippen molar-refractivity contribution in [1.29, 1.82) is 0 Å². The summed E-state index contributed by atoms with van der Waals surface area (Å²) >= 11 is 3.41. The molecule has 0 aromatic rings. The second kappa shape index (κ2) is 4.95. The van der Waals surface area contributed by atoms with E-state index in [1.807, 2.05) is 0 Å². The zero-order chi connectivity index (χ0) is 7.23. The molecule has 1 aliphatic rings. The molecule has 0 heterocycles. The van der Waals surface area contributed by atoms with Gasteiger partial charge in [-0.1, -0.05) is 40.9 Å². The normalized spacial score (nSPS) is 20.9. The number of halogens is 1. The van der Waals surface area contributed by atoms with Crippen molar-refractivity contribution in [2.45, 2.75) is 32.1 Å². The molecular formula is C9H15Br. The third-order valence-corrected chi connectivity index (χ3v) is 2.54. The molecule has 0 unspecified atom stereocenters. The van der Waals surface area contributed by atoms with Crippen molar-refractivity contribution < 1.29 is 0 Å². The lowest BCUT2D eigenvalue weighted by Gasteiger charge is -1.98. The van der Waals surface area contributed by atoms with Gasteiger partial charge in [-0.05, 0) is 25.2 Å². The lowest BCUT2D eigenvalue weighted by molar-refractivity contribution is 0.683. The zero-order valence-electron chi connectivity index (χ0n) is 6.35. The molecular weight excluding hydrogens is 188 g/mol. The van der Waals surface area contributed by atoms with Crippen LogP contribution in [0.5, 0.6) is 0 Å². The Kier molecular flexibility index (Phi) is 4.12. The molecule has 0 aliphatic heterocycles. The predicted octanol–water partition coefficient (Wildman–Crippen LogP) is 3.52. The molecule has 0 N–H and O–H groups in total. The molecule has 0 saturated heterocycles. The van der Waals surface area contributed by atoms with Gasteiger partial charge in [0.05, 0.1) is 0 Å². The van der Waals surface area contributed by atoms with Crippen molar-refractivity contribution in [3.05, 3.63) is 12.2 Å². The van der Waals surface area contributed by atoms with E-state index in [0.29, 0.717) is 0 Å². The molecule has 1 saturated carbocycles. The lowest BCUT2D eigenvalue weighted by Crippen LogP contribution is -1.84. The standard InChI is InChI=1S/C9H15Br/c10-8-4-3-7-9-5-1-2-6-9/h3,7,9H,1-2,4-6,8H2/b7-3+. The Hall–Kier alpha value is 0.220. The van der Waals surface area contributed by atoms with Gasteiger partial charge in [-0.15, -0.1) is 0 Å². The molecule has 0 radical (unpaired) electrons. The van der Waals surface area contributed by atoms with E-state index >= 15 is 0 Å². The van der Waals surface area contributed by atoms with Gasteiger partial charge in [0.25, 0.3) is 0 Å². The minimum atomic E-state index is 0.916. The lowest BCUT2D eigenvalue weighted by atomic mass is 10.1. The van der Waals surface area contributed by atoms with Crippen molar-refractivity contribution in [1.82, 2.24) is 0 Å². The molecule has 0 atom stereocenters. The quantitative estimate of drug-likeness (QED) is 0.486. The predicted molar refractivity (Wildman–Crippen MR) is 49.5 cm³/mol. The molecule has 1 heteroatoms. The van der Waals surface area contributed by atoms with Crippen LogP contribution in [0, 0.1) is 5.92 Å². The van der Waals surface area contributed by atoms with Crippen molar-refractivity contribution >= 4 is 15.9 Å². The summed E-state index contributed by atoms with van der Waals surface area (Å²) in [5, 5.41) is 1.11. The fraction of sp³-hybridized carbons (Fsp3) is 0.778. The molecule has 0 aromatic carbocycles. The molecule has 0 spiro atoms. The monoisotopic (exact) mass is 202 g/mol. The van der Waals surface area contributed by atoms with Gasteiger partial charge in [0.15, 0.2) is 0 Å². The Morgan fingerprint density at radius 3 is 2.60 bits per heavy atom. The van der Waals surface area contributed by atoms with Gasteiger partial charge >= 0.3 is 0 Å².